The monoisotopic (exact) mass is 460 g/mol. The summed E-state index contributed by atoms with van der Waals surface area (Å²) in [6.45, 7) is 0.0532. The number of likely N-dealkylation sites (N-methyl/N-ethyl adjacent to an activating group) is 1. The molecule has 0 radical (unpaired) electrons. The number of nitrogens with two attached hydrogens (primary N) is 1. The fraction of sp³-hybridized carbons (Fsp3) is 0.364. The maximum absolute atomic E-state index is 12.4. The van der Waals surface area contributed by atoms with Gasteiger partial charge in [-0.25, -0.2) is 22.0 Å². The van der Waals surface area contributed by atoms with E-state index in [9.17, 15) is 21.6 Å². The van der Waals surface area contributed by atoms with E-state index < -0.39 is 31.1 Å². The normalized spacial score (nSPS) is 19.2. The first-order chi connectivity index (χ1) is 11.0. The number of carbonyl (C=O) groups excluding carboxylic acids is 1. The number of alkyl halides is 1. The van der Waals surface area contributed by atoms with Crippen LogP contribution < -0.4 is 15.2 Å². The van der Waals surface area contributed by atoms with Gasteiger partial charge in [-0.2, -0.15) is 4.72 Å². The smallest absolute Gasteiger partial charge is 0.244 e. The molecule has 1 aliphatic heterocycles. The number of nitrogens with zero attached hydrogens (tertiary/aromatic N) is 1. The summed E-state index contributed by atoms with van der Waals surface area (Å²) in [5.41, 5.74) is 0.121. The van der Waals surface area contributed by atoms with Gasteiger partial charge in [0, 0.05) is 7.05 Å². The Bertz CT molecular complexity index is 890. The van der Waals surface area contributed by atoms with Gasteiger partial charge in [-0.1, -0.05) is 27.5 Å². The average molecular weight is 462 g/mol. The second-order valence-corrected chi connectivity index (χ2v) is 9.23. The van der Waals surface area contributed by atoms with Gasteiger partial charge in [0.15, 0.2) is 0 Å². The lowest BCUT2D eigenvalue weighted by molar-refractivity contribution is -0.127. The number of sulfonamides is 2. The molecule has 4 N–H and O–H groups in total. The summed E-state index contributed by atoms with van der Waals surface area (Å²) in [5.74, 6) is -0.232. The fourth-order valence-corrected chi connectivity index (χ4v) is 5.03. The highest BCUT2D eigenvalue weighted by Gasteiger charge is 2.32. The van der Waals surface area contributed by atoms with Gasteiger partial charge in [-0.3, -0.25) is 4.79 Å². The number of nitrogens with one attached hydrogen (secondary N) is 2. The van der Waals surface area contributed by atoms with E-state index >= 15 is 0 Å². The zero-order chi connectivity index (χ0) is 18.3. The quantitative estimate of drug-likeness (QED) is 0.534. The lowest BCUT2D eigenvalue weighted by Gasteiger charge is -2.31. The number of benzene rings is 1. The predicted octanol–water partition coefficient (Wildman–Crippen LogP) is -0.129. The lowest BCUT2D eigenvalue weighted by atomic mass is 10.3. The Kier molecular flexibility index (Phi) is 5.47. The Morgan fingerprint density at radius 1 is 1.46 bits per heavy atom. The molecule has 0 spiro atoms. The highest BCUT2D eigenvalue weighted by molar-refractivity contribution is 9.09. The van der Waals surface area contributed by atoms with Crippen molar-refractivity contribution in [1.82, 2.24) is 9.62 Å². The van der Waals surface area contributed by atoms with Crippen molar-refractivity contribution in [3.8, 4) is 0 Å². The molecule has 134 valence electrons. The van der Waals surface area contributed by atoms with Crippen LogP contribution in [0.2, 0.25) is 5.02 Å². The molecule has 13 heteroatoms. The maximum Gasteiger partial charge on any atom is 0.244 e. The molecule has 0 saturated carbocycles. The number of primary sulfonamides is 1. The first-order valence-electron chi connectivity index (χ1n) is 6.41. The molecular formula is C11H14BrClN4O5S2. The Labute approximate surface area is 152 Å². The minimum atomic E-state index is -4.17. The van der Waals surface area contributed by atoms with Crippen molar-refractivity contribution in [3.05, 3.63) is 17.2 Å². The van der Waals surface area contributed by atoms with Crippen LogP contribution in [-0.4, -0.2) is 52.7 Å². The van der Waals surface area contributed by atoms with Crippen molar-refractivity contribution < 1.29 is 21.6 Å². The molecular weight excluding hydrogens is 448 g/mol. The van der Waals surface area contributed by atoms with Gasteiger partial charge in [0.25, 0.3) is 0 Å². The molecule has 9 nitrogen and oxygen atoms in total. The molecule has 0 aliphatic carbocycles. The van der Waals surface area contributed by atoms with Crippen molar-refractivity contribution in [3.63, 3.8) is 0 Å². The predicted molar refractivity (Wildman–Crippen MR) is 92.0 cm³/mol. The zero-order valence-electron chi connectivity index (χ0n) is 12.3. The molecule has 1 amide bonds. The van der Waals surface area contributed by atoms with E-state index in [0.717, 1.165) is 6.07 Å². The summed E-state index contributed by atoms with van der Waals surface area (Å²) in [6, 6.07) is 2.07. The molecule has 24 heavy (non-hydrogen) atoms. The molecule has 1 atom stereocenters. The first-order valence-corrected chi connectivity index (χ1v) is 10.9. The van der Waals surface area contributed by atoms with Gasteiger partial charge in [-0.05, 0) is 12.1 Å². The van der Waals surface area contributed by atoms with Crippen LogP contribution in [0, 0.1) is 0 Å². The van der Waals surface area contributed by atoms with Crippen LogP contribution in [-0.2, 0) is 24.8 Å². The van der Waals surface area contributed by atoms with Crippen molar-refractivity contribution in [1.29, 1.82) is 0 Å². The highest BCUT2D eigenvalue weighted by Crippen LogP contribution is 2.33. The van der Waals surface area contributed by atoms with Crippen LogP contribution in [0.25, 0.3) is 0 Å². The molecule has 0 fully saturated rings. The van der Waals surface area contributed by atoms with Crippen molar-refractivity contribution in [2.75, 3.05) is 24.2 Å². The number of carbonyl (C=O) groups is 1. The zero-order valence-corrected chi connectivity index (χ0v) is 16.3. The Morgan fingerprint density at radius 2 is 2.08 bits per heavy atom. The molecule has 0 bridgehead atoms. The van der Waals surface area contributed by atoms with Gasteiger partial charge in [0.05, 0.1) is 22.6 Å². The molecule has 1 aliphatic rings. The SMILES string of the molecule is CN(CC1Nc2cc(Cl)c(S(N)(=O)=O)cc2S(=O)(=O)N1)C(=O)CBr. The molecule has 1 unspecified atom stereocenters. The van der Waals surface area contributed by atoms with E-state index in [1.165, 1.54) is 18.0 Å². The third-order valence-electron chi connectivity index (χ3n) is 3.25. The summed E-state index contributed by atoms with van der Waals surface area (Å²) >= 11 is 8.91. The van der Waals surface area contributed by atoms with E-state index in [2.05, 4.69) is 26.0 Å². The number of hydrogen-bond acceptors (Lipinski definition) is 6. The first kappa shape index (κ1) is 19.4. The van der Waals surface area contributed by atoms with Crippen LogP contribution in [0.15, 0.2) is 21.9 Å². The van der Waals surface area contributed by atoms with Gasteiger partial charge in [0.2, 0.25) is 26.0 Å². The molecule has 0 saturated heterocycles. The van der Waals surface area contributed by atoms with Crippen LogP contribution in [0.3, 0.4) is 0 Å². The second kappa shape index (κ2) is 6.77. The van der Waals surface area contributed by atoms with Crippen molar-refractivity contribution >= 4 is 59.2 Å². The van der Waals surface area contributed by atoms with Crippen LogP contribution in [0.1, 0.15) is 0 Å². The van der Waals surface area contributed by atoms with Gasteiger partial charge < -0.3 is 10.2 Å². The fourth-order valence-electron chi connectivity index (χ4n) is 2.12. The van der Waals surface area contributed by atoms with Crippen LogP contribution in [0.4, 0.5) is 5.69 Å². The van der Waals surface area contributed by atoms with E-state index in [1.54, 1.807) is 0 Å². The Hall–Kier alpha value is -0.920. The van der Waals surface area contributed by atoms with E-state index in [-0.39, 0.29) is 33.4 Å². The van der Waals surface area contributed by atoms with E-state index in [0.29, 0.717) is 0 Å². The number of anilines is 1. The van der Waals surface area contributed by atoms with Gasteiger partial charge in [0.1, 0.15) is 16.0 Å². The summed E-state index contributed by atoms with van der Waals surface area (Å²) in [7, 11) is -6.66. The maximum atomic E-state index is 12.4. The molecule has 0 aromatic heterocycles. The summed E-state index contributed by atoms with van der Waals surface area (Å²) in [6.07, 6.45) is -0.799. The van der Waals surface area contributed by atoms with Gasteiger partial charge in [-0.15, -0.1) is 0 Å². The van der Waals surface area contributed by atoms with E-state index in [1.807, 2.05) is 0 Å². The minimum Gasteiger partial charge on any atom is -0.366 e. The standard InChI is InChI=1S/C11H14BrClN4O5S2/c1-17(11(18)4-12)5-10-15-7-2-6(13)8(23(14,19)20)3-9(7)24(21,22)16-10/h2-3,10,15-16H,4-5H2,1H3,(H2,14,19,20). The summed E-state index contributed by atoms with van der Waals surface area (Å²) < 4.78 is 50.0. The third kappa shape index (κ3) is 4.00. The van der Waals surface area contributed by atoms with Crippen molar-refractivity contribution in [2.24, 2.45) is 5.14 Å². The topological polar surface area (TPSA) is 139 Å². The number of amides is 1. The lowest BCUT2D eigenvalue weighted by Crippen LogP contribution is -2.51. The minimum absolute atomic E-state index is 0.0532. The number of halogens is 2. The van der Waals surface area contributed by atoms with E-state index in [4.69, 9.17) is 16.7 Å². The Balaban J connectivity index is 2.41. The highest BCUT2D eigenvalue weighted by atomic mass is 79.9. The molecule has 1 aromatic rings. The largest absolute Gasteiger partial charge is 0.366 e. The van der Waals surface area contributed by atoms with Crippen molar-refractivity contribution in [2.45, 2.75) is 16.0 Å². The van der Waals surface area contributed by atoms with Crippen LogP contribution >= 0.6 is 27.5 Å². The molecule has 2 rings (SSSR count). The van der Waals surface area contributed by atoms with Gasteiger partial charge >= 0.3 is 0 Å². The third-order valence-corrected chi connectivity index (χ3v) is 6.62. The van der Waals surface area contributed by atoms with Crippen LogP contribution in [0.5, 0.6) is 0 Å². The number of rotatable bonds is 4. The number of hydrogen-bond donors (Lipinski definition) is 3. The molecule has 1 aromatic carbocycles. The molecule has 1 heterocycles. The average Bonchev–Trinajstić information content (AvgIpc) is 2.43. The Morgan fingerprint density at radius 3 is 2.62 bits per heavy atom. The second-order valence-electron chi connectivity index (χ2n) is 5.05. The summed E-state index contributed by atoms with van der Waals surface area (Å²) in [5, 5.41) is 7.78. The number of fused-ring (bicyclic) bond motifs is 1. The summed E-state index contributed by atoms with van der Waals surface area (Å²) in [4.78, 5) is 12.1.